The first kappa shape index (κ1) is 16.3. The molecule has 2 fully saturated rings. The lowest BCUT2D eigenvalue weighted by Gasteiger charge is -2.39. The molecule has 1 saturated heterocycles. The number of hydrogen-bond donors (Lipinski definition) is 2. The quantitative estimate of drug-likeness (QED) is 0.752. The topological polar surface area (TPSA) is 69.6 Å². The molecule has 1 aliphatic carbocycles. The predicted molar refractivity (Wildman–Crippen MR) is 81.0 cm³/mol. The van der Waals surface area contributed by atoms with Crippen LogP contribution in [0.3, 0.4) is 0 Å². The van der Waals surface area contributed by atoms with E-state index in [2.05, 4.69) is 5.32 Å². The van der Waals surface area contributed by atoms with Crippen LogP contribution in [0.2, 0.25) is 0 Å². The molecule has 5 nitrogen and oxygen atoms in total. The lowest BCUT2D eigenvalue weighted by atomic mass is 9.84. The zero-order valence-electron chi connectivity index (χ0n) is 13.0. The number of amides is 1. The number of carboxylic acids is 1. The molecule has 0 spiro atoms. The first-order valence-corrected chi connectivity index (χ1v) is 8.31. The van der Waals surface area contributed by atoms with Crippen LogP contribution in [0.15, 0.2) is 0 Å². The van der Waals surface area contributed by atoms with Gasteiger partial charge in [-0.15, -0.1) is 0 Å². The molecule has 2 aliphatic rings. The average Bonchev–Trinajstić information content (AvgIpc) is 2.42. The second-order valence-corrected chi connectivity index (χ2v) is 6.59. The third kappa shape index (κ3) is 4.99. The Morgan fingerprint density at radius 1 is 1.24 bits per heavy atom. The molecule has 5 heteroatoms. The first-order chi connectivity index (χ1) is 10.1. The van der Waals surface area contributed by atoms with Crippen molar-refractivity contribution in [2.24, 2.45) is 11.8 Å². The zero-order valence-corrected chi connectivity index (χ0v) is 13.0. The van der Waals surface area contributed by atoms with E-state index in [-0.39, 0.29) is 12.3 Å². The molecule has 1 heterocycles. The van der Waals surface area contributed by atoms with Gasteiger partial charge >= 0.3 is 5.97 Å². The minimum Gasteiger partial charge on any atom is -0.481 e. The molecule has 0 aromatic rings. The molecule has 2 atom stereocenters. The van der Waals surface area contributed by atoms with Gasteiger partial charge < -0.3 is 15.3 Å². The Bertz CT molecular complexity index is 369. The molecule has 0 aromatic heterocycles. The normalized spacial score (nSPS) is 26.4. The van der Waals surface area contributed by atoms with E-state index in [1.165, 1.54) is 19.3 Å². The summed E-state index contributed by atoms with van der Waals surface area (Å²) in [6, 6.07) is 0.327. The summed E-state index contributed by atoms with van der Waals surface area (Å²) in [5, 5.41) is 12.5. The monoisotopic (exact) mass is 296 g/mol. The number of carbonyl (C=O) groups is 2. The Morgan fingerprint density at radius 2 is 2.00 bits per heavy atom. The molecular formula is C16H28N2O3. The molecule has 0 bridgehead atoms. The van der Waals surface area contributed by atoms with Crippen LogP contribution in [0.1, 0.15) is 51.9 Å². The number of piperidine rings is 1. The van der Waals surface area contributed by atoms with Gasteiger partial charge in [-0.05, 0) is 44.1 Å². The molecule has 2 N–H and O–H groups in total. The summed E-state index contributed by atoms with van der Waals surface area (Å²) >= 11 is 0. The van der Waals surface area contributed by atoms with E-state index in [4.69, 9.17) is 5.11 Å². The molecule has 2 rings (SSSR count). The van der Waals surface area contributed by atoms with Crippen molar-refractivity contribution in [1.29, 1.82) is 0 Å². The average molecular weight is 296 g/mol. The summed E-state index contributed by atoms with van der Waals surface area (Å²) < 4.78 is 0. The maximum Gasteiger partial charge on any atom is 0.303 e. The molecule has 120 valence electrons. The number of aliphatic carboxylic acids is 1. The molecule has 0 aromatic carbocycles. The number of likely N-dealkylation sites (tertiary alicyclic amines) is 1. The van der Waals surface area contributed by atoms with Crippen molar-refractivity contribution in [2.45, 2.75) is 57.9 Å². The van der Waals surface area contributed by atoms with Gasteiger partial charge in [0, 0.05) is 32.0 Å². The van der Waals surface area contributed by atoms with Crippen LogP contribution in [0.5, 0.6) is 0 Å². The summed E-state index contributed by atoms with van der Waals surface area (Å²) in [6.07, 6.45) is 6.38. The van der Waals surface area contributed by atoms with Crippen LogP contribution in [0.4, 0.5) is 0 Å². The molecule has 1 aliphatic heterocycles. The van der Waals surface area contributed by atoms with E-state index < -0.39 is 5.97 Å². The van der Waals surface area contributed by atoms with E-state index in [0.717, 1.165) is 32.0 Å². The maximum absolute atomic E-state index is 12.0. The van der Waals surface area contributed by atoms with E-state index >= 15 is 0 Å². The van der Waals surface area contributed by atoms with E-state index in [0.29, 0.717) is 24.8 Å². The summed E-state index contributed by atoms with van der Waals surface area (Å²) in [5.41, 5.74) is 0. The third-order valence-electron chi connectivity index (χ3n) is 4.88. The van der Waals surface area contributed by atoms with Crippen molar-refractivity contribution in [3.05, 3.63) is 0 Å². The van der Waals surface area contributed by atoms with Crippen LogP contribution < -0.4 is 5.32 Å². The number of hydrogen-bond acceptors (Lipinski definition) is 3. The highest BCUT2D eigenvalue weighted by Crippen LogP contribution is 2.27. The van der Waals surface area contributed by atoms with Crippen molar-refractivity contribution in [2.75, 3.05) is 19.6 Å². The maximum atomic E-state index is 12.0. The Morgan fingerprint density at radius 3 is 2.57 bits per heavy atom. The van der Waals surface area contributed by atoms with E-state index in [9.17, 15) is 9.59 Å². The van der Waals surface area contributed by atoms with Gasteiger partial charge in [0.15, 0.2) is 0 Å². The lowest BCUT2D eigenvalue weighted by Crippen LogP contribution is -2.52. The van der Waals surface area contributed by atoms with Gasteiger partial charge in [-0.3, -0.25) is 9.59 Å². The van der Waals surface area contributed by atoms with Crippen LogP contribution in [0.25, 0.3) is 0 Å². The van der Waals surface area contributed by atoms with Gasteiger partial charge in [-0.1, -0.05) is 13.3 Å². The fourth-order valence-corrected chi connectivity index (χ4v) is 3.35. The Kier molecular flexibility index (Phi) is 6.03. The molecular weight excluding hydrogens is 268 g/mol. The van der Waals surface area contributed by atoms with Crippen molar-refractivity contribution < 1.29 is 14.7 Å². The fraction of sp³-hybridized carbons (Fsp3) is 0.875. The van der Waals surface area contributed by atoms with Gasteiger partial charge in [0.2, 0.25) is 5.91 Å². The highest BCUT2D eigenvalue weighted by Gasteiger charge is 2.30. The Balaban J connectivity index is 1.85. The largest absolute Gasteiger partial charge is 0.481 e. The molecule has 2 unspecified atom stereocenters. The van der Waals surface area contributed by atoms with E-state index in [1.54, 1.807) is 0 Å². The summed E-state index contributed by atoms with van der Waals surface area (Å²) in [5.74, 6) is 0.558. The zero-order chi connectivity index (χ0) is 15.2. The van der Waals surface area contributed by atoms with Crippen LogP contribution >= 0.6 is 0 Å². The van der Waals surface area contributed by atoms with Crippen molar-refractivity contribution >= 4 is 11.9 Å². The SMILES string of the molecule is CCC(=O)N1CC(CCC(=O)O)CC(NCC2CCC2)C1. The molecule has 1 amide bonds. The van der Waals surface area contributed by atoms with Crippen molar-refractivity contribution in [3.63, 3.8) is 0 Å². The van der Waals surface area contributed by atoms with E-state index in [1.807, 2.05) is 11.8 Å². The van der Waals surface area contributed by atoms with Crippen LogP contribution in [-0.2, 0) is 9.59 Å². The standard InChI is InChI=1S/C16H28N2O3/c1-2-15(19)18-10-13(6-7-16(20)21)8-14(11-18)17-9-12-4-3-5-12/h12-14,17H,2-11H2,1H3,(H,20,21). The second-order valence-electron chi connectivity index (χ2n) is 6.59. The number of carboxylic acid groups (broad SMARTS) is 1. The Labute approximate surface area is 127 Å². The third-order valence-corrected chi connectivity index (χ3v) is 4.88. The Hall–Kier alpha value is -1.10. The van der Waals surface area contributed by atoms with Gasteiger partial charge in [0.25, 0.3) is 0 Å². The van der Waals surface area contributed by atoms with Gasteiger partial charge in [-0.25, -0.2) is 0 Å². The number of rotatable bonds is 7. The number of carbonyl (C=O) groups excluding carboxylic acids is 1. The van der Waals surface area contributed by atoms with Crippen molar-refractivity contribution in [1.82, 2.24) is 10.2 Å². The minimum absolute atomic E-state index is 0.186. The lowest BCUT2D eigenvalue weighted by molar-refractivity contribution is -0.137. The van der Waals surface area contributed by atoms with Gasteiger partial charge in [0.1, 0.15) is 0 Å². The summed E-state index contributed by atoms with van der Waals surface area (Å²) in [7, 11) is 0. The molecule has 1 saturated carbocycles. The van der Waals surface area contributed by atoms with Gasteiger partial charge in [-0.2, -0.15) is 0 Å². The van der Waals surface area contributed by atoms with Gasteiger partial charge in [0.05, 0.1) is 0 Å². The summed E-state index contributed by atoms with van der Waals surface area (Å²) in [6.45, 7) is 4.44. The molecule has 0 radical (unpaired) electrons. The number of nitrogens with zero attached hydrogens (tertiary/aromatic N) is 1. The molecule has 21 heavy (non-hydrogen) atoms. The van der Waals surface area contributed by atoms with Crippen molar-refractivity contribution in [3.8, 4) is 0 Å². The predicted octanol–water partition coefficient (Wildman–Crippen LogP) is 1.87. The minimum atomic E-state index is -0.743. The smallest absolute Gasteiger partial charge is 0.303 e. The second kappa shape index (κ2) is 7.78. The van der Waals surface area contributed by atoms with Crippen LogP contribution in [-0.4, -0.2) is 47.6 Å². The fourth-order valence-electron chi connectivity index (χ4n) is 3.35. The van der Waals surface area contributed by atoms with Crippen LogP contribution in [0, 0.1) is 11.8 Å². The number of nitrogens with one attached hydrogen (secondary N) is 1. The first-order valence-electron chi connectivity index (χ1n) is 8.31. The highest BCUT2D eigenvalue weighted by atomic mass is 16.4. The summed E-state index contributed by atoms with van der Waals surface area (Å²) in [4.78, 5) is 24.7. The highest BCUT2D eigenvalue weighted by molar-refractivity contribution is 5.76.